The highest BCUT2D eigenvalue weighted by Gasteiger charge is 2.32. The largest absolute Gasteiger partial charge is 0.388 e. The Hall–Kier alpha value is -0.960. The van der Waals surface area contributed by atoms with Crippen LogP contribution in [0.2, 0.25) is 0 Å². The Morgan fingerprint density at radius 1 is 1.24 bits per heavy atom. The van der Waals surface area contributed by atoms with E-state index >= 15 is 0 Å². The van der Waals surface area contributed by atoms with Crippen molar-refractivity contribution in [2.75, 3.05) is 0 Å². The Bertz CT molecular complexity index is 417. The summed E-state index contributed by atoms with van der Waals surface area (Å²) in [7, 11) is 0. The predicted molar refractivity (Wildman–Crippen MR) is 62.6 cm³/mol. The SMILES string of the molecule is Cc1cc(F)c(C(O)C2CCCC2C)cc1F. The van der Waals surface area contributed by atoms with Gasteiger partial charge in [-0.15, -0.1) is 0 Å². The van der Waals surface area contributed by atoms with Crippen molar-refractivity contribution in [2.45, 2.75) is 39.2 Å². The van der Waals surface area contributed by atoms with Crippen LogP contribution in [0.3, 0.4) is 0 Å². The van der Waals surface area contributed by atoms with E-state index in [9.17, 15) is 13.9 Å². The van der Waals surface area contributed by atoms with E-state index in [0.717, 1.165) is 31.4 Å². The molecule has 1 aliphatic rings. The minimum atomic E-state index is -0.886. The molecule has 0 amide bonds. The number of hydrogen-bond donors (Lipinski definition) is 1. The third kappa shape index (κ3) is 2.34. The van der Waals surface area contributed by atoms with Gasteiger partial charge < -0.3 is 5.11 Å². The van der Waals surface area contributed by atoms with E-state index in [1.165, 1.54) is 6.92 Å². The minimum Gasteiger partial charge on any atom is -0.388 e. The summed E-state index contributed by atoms with van der Waals surface area (Å²) in [6.45, 7) is 3.58. The average Bonchev–Trinajstić information content (AvgIpc) is 2.69. The lowest BCUT2D eigenvalue weighted by molar-refractivity contribution is 0.0863. The van der Waals surface area contributed by atoms with Gasteiger partial charge in [0.1, 0.15) is 11.6 Å². The summed E-state index contributed by atoms with van der Waals surface area (Å²) < 4.78 is 27.2. The van der Waals surface area contributed by atoms with E-state index in [1.54, 1.807) is 0 Å². The van der Waals surface area contributed by atoms with Crippen LogP contribution in [0.1, 0.15) is 43.4 Å². The quantitative estimate of drug-likeness (QED) is 0.834. The molecule has 1 fully saturated rings. The second kappa shape index (κ2) is 4.73. The minimum absolute atomic E-state index is 0.0478. The number of rotatable bonds is 2. The molecular weight excluding hydrogens is 222 g/mol. The van der Waals surface area contributed by atoms with E-state index in [1.807, 2.05) is 0 Å². The van der Waals surface area contributed by atoms with Gasteiger partial charge in [0, 0.05) is 5.56 Å². The second-order valence-corrected chi connectivity index (χ2v) is 5.14. The first-order valence-corrected chi connectivity index (χ1v) is 6.14. The van der Waals surface area contributed by atoms with E-state index in [4.69, 9.17) is 0 Å². The monoisotopic (exact) mass is 240 g/mol. The maximum absolute atomic E-state index is 13.7. The standard InChI is InChI=1S/C14H18F2O/c1-8-4-3-5-10(8)14(17)11-7-12(15)9(2)6-13(11)16/h6-8,10,14,17H,3-5H2,1-2H3. The predicted octanol–water partition coefficient (Wildman–Crippen LogP) is 3.74. The fraction of sp³-hybridized carbons (Fsp3) is 0.571. The van der Waals surface area contributed by atoms with Gasteiger partial charge in [-0.3, -0.25) is 0 Å². The summed E-state index contributed by atoms with van der Waals surface area (Å²) in [5.41, 5.74) is 0.379. The lowest BCUT2D eigenvalue weighted by Crippen LogP contribution is -2.16. The molecule has 2 rings (SSSR count). The van der Waals surface area contributed by atoms with Gasteiger partial charge in [0.2, 0.25) is 0 Å². The van der Waals surface area contributed by atoms with Gasteiger partial charge in [0.25, 0.3) is 0 Å². The van der Waals surface area contributed by atoms with Crippen LogP contribution in [0.15, 0.2) is 12.1 Å². The van der Waals surface area contributed by atoms with Gasteiger partial charge in [-0.1, -0.05) is 19.8 Å². The van der Waals surface area contributed by atoms with Crippen LogP contribution in [-0.2, 0) is 0 Å². The zero-order chi connectivity index (χ0) is 12.6. The third-order valence-electron chi connectivity index (χ3n) is 3.93. The molecule has 3 heteroatoms. The summed E-state index contributed by atoms with van der Waals surface area (Å²) in [5.74, 6) is -0.540. The van der Waals surface area contributed by atoms with Gasteiger partial charge in [-0.25, -0.2) is 8.78 Å². The fourth-order valence-corrected chi connectivity index (χ4v) is 2.76. The number of halogens is 2. The maximum Gasteiger partial charge on any atom is 0.129 e. The molecule has 1 aromatic carbocycles. The molecule has 1 saturated carbocycles. The number of aliphatic hydroxyl groups excluding tert-OH is 1. The Labute approximate surface area is 100 Å². The van der Waals surface area contributed by atoms with Crippen molar-refractivity contribution in [1.82, 2.24) is 0 Å². The Morgan fingerprint density at radius 3 is 2.53 bits per heavy atom. The fourth-order valence-electron chi connectivity index (χ4n) is 2.76. The van der Waals surface area contributed by atoms with Gasteiger partial charge in [-0.05, 0) is 42.9 Å². The van der Waals surface area contributed by atoms with Crippen molar-refractivity contribution in [2.24, 2.45) is 11.8 Å². The Balaban J connectivity index is 2.30. The molecule has 3 atom stereocenters. The Morgan fingerprint density at radius 2 is 1.94 bits per heavy atom. The highest BCUT2D eigenvalue weighted by molar-refractivity contribution is 5.27. The number of benzene rings is 1. The van der Waals surface area contributed by atoms with Crippen molar-refractivity contribution >= 4 is 0 Å². The molecule has 17 heavy (non-hydrogen) atoms. The van der Waals surface area contributed by atoms with E-state index < -0.39 is 17.7 Å². The molecule has 0 aliphatic heterocycles. The second-order valence-electron chi connectivity index (χ2n) is 5.14. The molecule has 0 aromatic heterocycles. The zero-order valence-electron chi connectivity index (χ0n) is 10.2. The van der Waals surface area contributed by atoms with Crippen molar-refractivity contribution in [1.29, 1.82) is 0 Å². The van der Waals surface area contributed by atoms with Crippen LogP contribution in [-0.4, -0.2) is 5.11 Å². The zero-order valence-corrected chi connectivity index (χ0v) is 10.2. The van der Waals surface area contributed by atoms with Crippen LogP contribution in [0, 0.1) is 30.4 Å². The molecule has 1 aromatic rings. The van der Waals surface area contributed by atoms with E-state index in [0.29, 0.717) is 5.92 Å². The summed E-state index contributed by atoms with van der Waals surface area (Å²) in [5, 5.41) is 10.2. The van der Waals surface area contributed by atoms with Crippen LogP contribution < -0.4 is 0 Å². The molecule has 3 unspecified atom stereocenters. The summed E-state index contributed by atoms with van der Waals surface area (Å²) in [6.07, 6.45) is 2.11. The summed E-state index contributed by atoms with van der Waals surface area (Å²) in [4.78, 5) is 0. The number of aliphatic hydroxyl groups is 1. The lowest BCUT2D eigenvalue weighted by atomic mass is 9.87. The summed E-state index contributed by atoms with van der Waals surface area (Å²) >= 11 is 0. The highest BCUT2D eigenvalue weighted by atomic mass is 19.1. The number of hydrogen-bond acceptors (Lipinski definition) is 1. The molecule has 0 radical (unpaired) electrons. The summed E-state index contributed by atoms with van der Waals surface area (Å²) in [6, 6.07) is 2.30. The number of aryl methyl sites for hydroxylation is 1. The topological polar surface area (TPSA) is 20.2 Å². The van der Waals surface area contributed by atoms with Crippen molar-refractivity contribution in [3.05, 3.63) is 34.9 Å². The normalized spacial score (nSPS) is 26.2. The molecule has 0 spiro atoms. The van der Waals surface area contributed by atoms with Gasteiger partial charge in [0.15, 0.2) is 0 Å². The van der Waals surface area contributed by atoms with E-state index in [-0.39, 0.29) is 17.0 Å². The molecule has 1 aliphatic carbocycles. The third-order valence-corrected chi connectivity index (χ3v) is 3.93. The maximum atomic E-state index is 13.7. The molecule has 0 heterocycles. The van der Waals surface area contributed by atoms with Crippen molar-refractivity contribution in [3.8, 4) is 0 Å². The smallest absolute Gasteiger partial charge is 0.129 e. The van der Waals surface area contributed by atoms with Crippen LogP contribution >= 0.6 is 0 Å². The first-order chi connectivity index (χ1) is 8.00. The lowest BCUT2D eigenvalue weighted by Gasteiger charge is -2.23. The van der Waals surface area contributed by atoms with Crippen molar-refractivity contribution < 1.29 is 13.9 Å². The van der Waals surface area contributed by atoms with Gasteiger partial charge in [-0.2, -0.15) is 0 Å². The molecular formula is C14H18F2O. The average molecular weight is 240 g/mol. The molecule has 94 valence electrons. The van der Waals surface area contributed by atoms with E-state index in [2.05, 4.69) is 6.92 Å². The van der Waals surface area contributed by atoms with Crippen LogP contribution in [0.4, 0.5) is 8.78 Å². The van der Waals surface area contributed by atoms with Crippen LogP contribution in [0.5, 0.6) is 0 Å². The van der Waals surface area contributed by atoms with Gasteiger partial charge >= 0.3 is 0 Å². The molecule has 0 bridgehead atoms. The van der Waals surface area contributed by atoms with Crippen LogP contribution in [0.25, 0.3) is 0 Å². The Kier molecular flexibility index (Phi) is 3.48. The van der Waals surface area contributed by atoms with Gasteiger partial charge in [0.05, 0.1) is 6.10 Å². The molecule has 1 nitrogen and oxygen atoms in total. The highest BCUT2D eigenvalue weighted by Crippen LogP contribution is 2.40. The molecule has 0 saturated heterocycles. The first kappa shape index (κ1) is 12.5. The van der Waals surface area contributed by atoms with Crippen molar-refractivity contribution in [3.63, 3.8) is 0 Å². The molecule has 1 N–H and O–H groups in total. The first-order valence-electron chi connectivity index (χ1n) is 6.14.